The van der Waals surface area contributed by atoms with E-state index in [4.69, 9.17) is 0 Å². The maximum atomic E-state index is 13.1. The van der Waals surface area contributed by atoms with Gasteiger partial charge >= 0.3 is 6.03 Å². The predicted octanol–water partition coefficient (Wildman–Crippen LogP) is 3.17. The molecule has 2 aromatic rings. The van der Waals surface area contributed by atoms with Crippen molar-refractivity contribution < 1.29 is 18.0 Å². The van der Waals surface area contributed by atoms with Crippen molar-refractivity contribution in [1.29, 1.82) is 0 Å². The minimum atomic E-state index is -3.33. The highest BCUT2D eigenvalue weighted by molar-refractivity contribution is 7.90. The van der Waals surface area contributed by atoms with Gasteiger partial charge in [0, 0.05) is 17.6 Å². The van der Waals surface area contributed by atoms with Crippen LogP contribution in [0.25, 0.3) is 0 Å². The lowest BCUT2D eigenvalue weighted by molar-refractivity contribution is -0.131. The van der Waals surface area contributed by atoms with E-state index in [-0.39, 0.29) is 17.3 Å². The van der Waals surface area contributed by atoms with Gasteiger partial charge in [-0.3, -0.25) is 9.69 Å². The third kappa shape index (κ3) is 3.69. The number of benzene rings is 1. The molecule has 2 heterocycles. The summed E-state index contributed by atoms with van der Waals surface area (Å²) in [4.78, 5) is 31.6. The Hall–Kier alpha value is -2.26. The van der Waals surface area contributed by atoms with E-state index in [2.05, 4.69) is 10.3 Å². The molecular weight excluding hydrogens is 410 g/mol. The monoisotopic (exact) mass is 433 g/mol. The van der Waals surface area contributed by atoms with E-state index in [1.54, 1.807) is 30.4 Å². The van der Waals surface area contributed by atoms with E-state index in [1.807, 2.05) is 5.38 Å². The van der Waals surface area contributed by atoms with Crippen LogP contribution >= 0.6 is 11.3 Å². The highest BCUT2D eigenvalue weighted by Gasteiger charge is 2.49. The molecular formula is C20H23N3O4S2. The molecule has 1 saturated carbocycles. The number of urea groups is 1. The van der Waals surface area contributed by atoms with Crippen LogP contribution < -0.4 is 5.32 Å². The van der Waals surface area contributed by atoms with Gasteiger partial charge in [0.05, 0.1) is 22.1 Å². The highest BCUT2D eigenvalue weighted by atomic mass is 32.2. The number of hydrogen-bond acceptors (Lipinski definition) is 6. The lowest BCUT2D eigenvalue weighted by Crippen LogP contribution is -2.40. The molecule has 1 aliphatic carbocycles. The minimum Gasteiger partial charge on any atom is -0.319 e. The van der Waals surface area contributed by atoms with Crippen LogP contribution in [-0.2, 0) is 26.7 Å². The van der Waals surface area contributed by atoms with E-state index < -0.39 is 21.4 Å². The summed E-state index contributed by atoms with van der Waals surface area (Å²) in [5.74, 6) is 0.125. The SMILES string of the molecule is CC1(c2ccc(S(C)(=O)=O)cc2)NC(=O)N(Cc2csc(C3CCCC3)n2)C1=O. The summed E-state index contributed by atoms with van der Waals surface area (Å²) in [7, 11) is -3.33. The zero-order chi connectivity index (χ0) is 20.8. The van der Waals surface area contributed by atoms with Gasteiger partial charge in [-0.05, 0) is 37.5 Å². The molecule has 0 radical (unpaired) electrons. The number of imide groups is 1. The van der Waals surface area contributed by atoms with Crippen molar-refractivity contribution in [3.63, 3.8) is 0 Å². The second-order valence-electron chi connectivity index (χ2n) is 7.90. The van der Waals surface area contributed by atoms with Crippen LogP contribution in [0.5, 0.6) is 0 Å². The maximum absolute atomic E-state index is 13.1. The van der Waals surface area contributed by atoms with Gasteiger partial charge in [-0.1, -0.05) is 25.0 Å². The quantitative estimate of drug-likeness (QED) is 0.731. The maximum Gasteiger partial charge on any atom is 0.325 e. The average Bonchev–Trinajstić information content (AvgIpc) is 3.39. The fourth-order valence-corrected chi connectivity index (χ4v) is 5.60. The summed E-state index contributed by atoms with van der Waals surface area (Å²) in [5.41, 5.74) is 0.0185. The molecule has 2 aliphatic rings. The number of hydrogen-bond donors (Lipinski definition) is 1. The first kappa shape index (κ1) is 20.0. The Labute approximate surface area is 174 Å². The van der Waals surface area contributed by atoms with Crippen LogP contribution in [0.1, 0.15) is 54.8 Å². The zero-order valence-corrected chi connectivity index (χ0v) is 18.0. The zero-order valence-electron chi connectivity index (χ0n) is 16.3. The second-order valence-corrected chi connectivity index (χ2v) is 10.8. The third-order valence-corrected chi connectivity index (χ3v) is 7.91. The Balaban J connectivity index is 1.53. The summed E-state index contributed by atoms with van der Waals surface area (Å²) < 4.78 is 23.3. The van der Waals surface area contributed by atoms with Crippen LogP contribution in [0.2, 0.25) is 0 Å². The van der Waals surface area contributed by atoms with Crippen molar-refractivity contribution in [2.75, 3.05) is 6.26 Å². The van der Waals surface area contributed by atoms with Crippen LogP contribution in [0.4, 0.5) is 4.79 Å². The molecule has 1 unspecified atom stereocenters. The van der Waals surface area contributed by atoms with Gasteiger partial charge in [0.15, 0.2) is 9.84 Å². The molecule has 2 fully saturated rings. The second kappa shape index (κ2) is 7.21. The van der Waals surface area contributed by atoms with E-state index in [0.29, 0.717) is 11.5 Å². The molecule has 3 amide bonds. The molecule has 1 saturated heterocycles. The standard InChI is InChI=1S/C20H23N3O4S2/c1-20(14-7-9-16(10-8-14)29(2,26)27)18(24)23(19(25)22-20)11-15-12-28-17(21-15)13-5-3-4-6-13/h7-10,12-13H,3-6,11H2,1-2H3,(H,22,25). The van der Waals surface area contributed by atoms with Gasteiger partial charge in [0.2, 0.25) is 0 Å². The van der Waals surface area contributed by atoms with Gasteiger partial charge in [-0.2, -0.15) is 0 Å². The normalized spacial score (nSPS) is 23.0. The molecule has 1 N–H and O–H groups in total. The topological polar surface area (TPSA) is 96.4 Å². The molecule has 9 heteroatoms. The number of amides is 3. The Morgan fingerprint density at radius 3 is 2.48 bits per heavy atom. The number of aromatic nitrogens is 1. The lowest BCUT2D eigenvalue weighted by atomic mass is 9.92. The van der Waals surface area contributed by atoms with Gasteiger partial charge in [0.1, 0.15) is 5.54 Å². The first-order valence-electron chi connectivity index (χ1n) is 9.57. The van der Waals surface area contributed by atoms with E-state index in [1.165, 1.54) is 29.9 Å². The fraction of sp³-hybridized carbons (Fsp3) is 0.450. The minimum absolute atomic E-state index is 0.130. The highest BCUT2D eigenvalue weighted by Crippen LogP contribution is 2.36. The average molecular weight is 434 g/mol. The summed E-state index contributed by atoms with van der Waals surface area (Å²) in [6.45, 7) is 1.76. The number of nitrogens with one attached hydrogen (secondary N) is 1. The molecule has 0 spiro atoms. The number of carbonyl (C=O) groups is 2. The smallest absolute Gasteiger partial charge is 0.319 e. The van der Waals surface area contributed by atoms with Crippen LogP contribution in [0, 0.1) is 0 Å². The van der Waals surface area contributed by atoms with Crippen molar-refractivity contribution in [1.82, 2.24) is 15.2 Å². The number of nitrogens with zero attached hydrogens (tertiary/aromatic N) is 2. The molecule has 0 bridgehead atoms. The molecule has 154 valence electrons. The molecule has 1 aromatic heterocycles. The number of carbonyl (C=O) groups excluding carboxylic acids is 2. The summed E-state index contributed by atoms with van der Waals surface area (Å²) in [5, 5.41) is 5.76. The first-order chi connectivity index (χ1) is 13.7. The van der Waals surface area contributed by atoms with Crippen molar-refractivity contribution in [3.05, 3.63) is 45.9 Å². The Bertz CT molecular complexity index is 1060. The van der Waals surface area contributed by atoms with Gasteiger partial charge < -0.3 is 5.32 Å². The number of sulfone groups is 1. The van der Waals surface area contributed by atoms with Crippen LogP contribution in [-0.4, -0.2) is 36.5 Å². The van der Waals surface area contributed by atoms with E-state index in [0.717, 1.165) is 29.8 Å². The Kier molecular flexibility index (Phi) is 4.98. The molecule has 4 rings (SSSR count). The first-order valence-corrected chi connectivity index (χ1v) is 12.3. The third-order valence-electron chi connectivity index (χ3n) is 5.73. The summed E-state index contributed by atoms with van der Waals surface area (Å²) in [6.07, 6.45) is 5.88. The van der Waals surface area contributed by atoms with Gasteiger partial charge in [0.25, 0.3) is 5.91 Å². The van der Waals surface area contributed by atoms with Crippen LogP contribution in [0.3, 0.4) is 0 Å². The summed E-state index contributed by atoms with van der Waals surface area (Å²) in [6, 6.07) is 5.57. The van der Waals surface area contributed by atoms with Gasteiger partial charge in [-0.25, -0.2) is 18.2 Å². The van der Waals surface area contributed by atoms with Gasteiger partial charge in [-0.15, -0.1) is 11.3 Å². The van der Waals surface area contributed by atoms with Crippen molar-refractivity contribution >= 4 is 33.1 Å². The van der Waals surface area contributed by atoms with E-state index >= 15 is 0 Å². The number of rotatable bonds is 5. The molecule has 1 aromatic carbocycles. The molecule has 29 heavy (non-hydrogen) atoms. The van der Waals surface area contributed by atoms with Crippen molar-refractivity contribution in [3.8, 4) is 0 Å². The van der Waals surface area contributed by atoms with Crippen molar-refractivity contribution in [2.45, 2.75) is 55.5 Å². The lowest BCUT2D eigenvalue weighted by Gasteiger charge is -2.22. The molecule has 1 atom stereocenters. The number of thiazole rings is 1. The largest absolute Gasteiger partial charge is 0.325 e. The Morgan fingerprint density at radius 1 is 1.21 bits per heavy atom. The van der Waals surface area contributed by atoms with Crippen molar-refractivity contribution in [2.24, 2.45) is 0 Å². The predicted molar refractivity (Wildman–Crippen MR) is 109 cm³/mol. The Morgan fingerprint density at radius 2 is 1.86 bits per heavy atom. The fourth-order valence-electron chi connectivity index (χ4n) is 3.99. The summed E-state index contributed by atoms with van der Waals surface area (Å²) >= 11 is 1.60. The van der Waals surface area contributed by atoms with Crippen LogP contribution in [0.15, 0.2) is 34.5 Å². The molecule has 7 nitrogen and oxygen atoms in total. The van der Waals surface area contributed by atoms with E-state index in [9.17, 15) is 18.0 Å². The molecule has 1 aliphatic heterocycles.